The molecule has 25 heavy (non-hydrogen) atoms. The lowest BCUT2D eigenvalue weighted by atomic mass is 10.1. The number of hydrogen-bond acceptors (Lipinski definition) is 5. The molecule has 1 atom stereocenters. The van der Waals surface area contributed by atoms with E-state index in [1.165, 1.54) is 0 Å². The molecule has 1 heterocycles. The first-order chi connectivity index (χ1) is 12.0. The third-order valence-corrected chi connectivity index (χ3v) is 4.29. The van der Waals surface area contributed by atoms with Crippen molar-refractivity contribution in [2.24, 2.45) is 0 Å². The van der Waals surface area contributed by atoms with E-state index in [0.717, 1.165) is 17.1 Å². The molecule has 7 heteroatoms. The number of benzene rings is 1. The van der Waals surface area contributed by atoms with Gasteiger partial charge in [0.1, 0.15) is 11.5 Å². The fraction of sp³-hybridized carbons (Fsp3) is 0.556. The highest BCUT2D eigenvalue weighted by Crippen LogP contribution is 2.26. The maximum atomic E-state index is 12.5. The summed E-state index contributed by atoms with van der Waals surface area (Å²) in [6.07, 6.45) is 1.65. The summed E-state index contributed by atoms with van der Waals surface area (Å²) in [5.41, 5.74) is 1.01. The minimum atomic E-state index is -0.920. The first-order valence-electron chi connectivity index (χ1n) is 8.35. The number of nitrogens with zero attached hydrogens (tertiary/aromatic N) is 1. The molecule has 1 fully saturated rings. The maximum Gasteiger partial charge on any atom is 0.305 e. The Morgan fingerprint density at radius 2 is 2.12 bits per heavy atom. The molecule has 138 valence electrons. The largest absolute Gasteiger partial charge is 0.497 e. The summed E-state index contributed by atoms with van der Waals surface area (Å²) >= 11 is 0. The van der Waals surface area contributed by atoms with Crippen molar-refractivity contribution in [1.29, 1.82) is 0 Å². The fourth-order valence-corrected chi connectivity index (χ4v) is 2.99. The Kier molecular flexibility index (Phi) is 7.06. The Bertz CT molecular complexity index is 603. The predicted octanol–water partition coefficient (Wildman–Crippen LogP) is 1.73. The Hall–Kier alpha value is -2.28. The summed E-state index contributed by atoms with van der Waals surface area (Å²) < 4.78 is 15.8. The summed E-state index contributed by atoms with van der Waals surface area (Å²) in [5, 5.41) is 8.97. The van der Waals surface area contributed by atoms with Crippen molar-refractivity contribution in [3.05, 3.63) is 23.8 Å². The number of rotatable bonds is 8. The van der Waals surface area contributed by atoms with Crippen LogP contribution < -0.4 is 9.47 Å². The van der Waals surface area contributed by atoms with Gasteiger partial charge in [0.15, 0.2) is 0 Å². The first-order valence-corrected chi connectivity index (χ1v) is 8.35. The normalized spacial score (nSPS) is 17.2. The number of carbonyl (C=O) groups excluding carboxylic acids is 1. The van der Waals surface area contributed by atoms with Crippen molar-refractivity contribution in [2.45, 2.75) is 31.7 Å². The van der Waals surface area contributed by atoms with Crippen LogP contribution in [0.2, 0.25) is 0 Å². The van der Waals surface area contributed by atoms with Crippen molar-refractivity contribution in [2.75, 3.05) is 34.0 Å². The van der Waals surface area contributed by atoms with Crippen LogP contribution in [0.5, 0.6) is 11.5 Å². The zero-order valence-corrected chi connectivity index (χ0v) is 14.7. The number of methoxy groups -OCH3 is 2. The van der Waals surface area contributed by atoms with Crippen LogP contribution in [0, 0.1) is 0 Å². The molecule has 2 rings (SSSR count). The van der Waals surface area contributed by atoms with E-state index in [2.05, 4.69) is 0 Å². The van der Waals surface area contributed by atoms with Crippen LogP contribution in [0.4, 0.5) is 0 Å². The maximum absolute atomic E-state index is 12.5. The average molecular weight is 351 g/mol. The highest BCUT2D eigenvalue weighted by molar-refractivity contribution is 5.77. The van der Waals surface area contributed by atoms with Gasteiger partial charge in [0.05, 0.1) is 39.9 Å². The number of aryl methyl sites for hydroxylation is 1. The first kappa shape index (κ1) is 19.1. The van der Waals surface area contributed by atoms with Gasteiger partial charge in [-0.15, -0.1) is 0 Å². The summed E-state index contributed by atoms with van der Waals surface area (Å²) in [6.45, 7) is 1.18. The molecule has 1 N–H and O–H groups in total. The van der Waals surface area contributed by atoms with Crippen LogP contribution in [0.25, 0.3) is 0 Å². The molecule has 1 aromatic rings. The van der Waals surface area contributed by atoms with Gasteiger partial charge >= 0.3 is 5.97 Å². The topological polar surface area (TPSA) is 85.3 Å². The molecule has 1 aliphatic heterocycles. The number of carboxylic acids is 1. The third-order valence-electron chi connectivity index (χ3n) is 4.29. The quantitative estimate of drug-likeness (QED) is 0.768. The van der Waals surface area contributed by atoms with Gasteiger partial charge in [-0.25, -0.2) is 0 Å². The van der Waals surface area contributed by atoms with Gasteiger partial charge in [0.2, 0.25) is 5.91 Å². The lowest BCUT2D eigenvalue weighted by Gasteiger charge is -2.35. The van der Waals surface area contributed by atoms with Crippen molar-refractivity contribution < 1.29 is 28.9 Å². The molecule has 0 aromatic heterocycles. The number of carboxylic acid groups (broad SMARTS) is 1. The summed E-state index contributed by atoms with van der Waals surface area (Å²) in [6, 6.07) is 5.24. The van der Waals surface area contributed by atoms with E-state index >= 15 is 0 Å². The van der Waals surface area contributed by atoms with Crippen LogP contribution in [-0.2, 0) is 20.7 Å². The SMILES string of the molecule is COc1ccc(CCCC(=O)N2CCOCC2CC(=O)O)c(OC)c1. The third kappa shape index (κ3) is 5.35. The number of aliphatic carboxylic acids is 1. The molecule has 0 bridgehead atoms. The van der Waals surface area contributed by atoms with E-state index in [4.69, 9.17) is 19.3 Å². The summed E-state index contributed by atoms with van der Waals surface area (Å²) in [5.74, 6) is 0.515. The van der Waals surface area contributed by atoms with Gasteiger partial charge in [-0.3, -0.25) is 9.59 Å². The second kappa shape index (κ2) is 9.27. The van der Waals surface area contributed by atoms with Crippen molar-refractivity contribution >= 4 is 11.9 Å². The molecule has 0 spiro atoms. The van der Waals surface area contributed by atoms with E-state index in [1.807, 2.05) is 18.2 Å². The second-order valence-electron chi connectivity index (χ2n) is 5.95. The van der Waals surface area contributed by atoms with Crippen LogP contribution in [0.1, 0.15) is 24.8 Å². The molecule has 1 saturated heterocycles. The Morgan fingerprint density at radius 3 is 2.80 bits per heavy atom. The number of ether oxygens (including phenoxy) is 3. The van der Waals surface area contributed by atoms with E-state index in [-0.39, 0.29) is 25.0 Å². The average Bonchev–Trinajstić information content (AvgIpc) is 2.61. The molecule has 0 radical (unpaired) electrons. The van der Waals surface area contributed by atoms with Crippen molar-refractivity contribution in [3.63, 3.8) is 0 Å². The lowest BCUT2D eigenvalue weighted by Crippen LogP contribution is -2.49. The van der Waals surface area contributed by atoms with Crippen LogP contribution >= 0.6 is 0 Å². The molecule has 1 aliphatic rings. The van der Waals surface area contributed by atoms with E-state index < -0.39 is 5.97 Å². The Morgan fingerprint density at radius 1 is 1.32 bits per heavy atom. The van der Waals surface area contributed by atoms with E-state index in [1.54, 1.807) is 19.1 Å². The number of hydrogen-bond donors (Lipinski definition) is 1. The van der Waals surface area contributed by atoms with Crippen molar-refractivity contribution in [1.82, 2.24) is 4.90 Å². The molecule has 1 aromatic carbocycles. The lowest BCUT2D eigenvalue weighted by molar-refractivity contribution is -0.146. The van der Waals surface area contributed by atoms with Crippen LogP contribution in [0.15, 0.2) is 18.2 Å². The minimum absolute atomic E-state index is 0.0259. The highest BCUT2D eigenvalue weighted by Gasteiger charge is 2.28. The standard InChI is InChI=1S/C18H25NO6/c1-23-15-7-6-13(16(11-15)24-2)4-3-5-17(20)19-8-9-25-12-14(19)10-18(21)22/h6-7,11,14H,3-5,8-10,12H2,1-2H3,(H,21,22). The van der Waals surface area contributed by atoms with Gasteiger partial charge < -0.3 is 24.2 Å². The Labute approximate surface area is 147 Å². The van der Waals surface area contributed by atoms with Crippen molar-refractivity contribution in [3.8, 4) is 11.5 Å². The molecular formula is C18H25NO6. The molecule has 0 aliphatic carbocycles. The smallest absolute Gasteiger partial charge is 0.305 e. The fourth-order valence-electron chi connectivity index (χ4n) is 2.99. The molecule has 1 amide bonds. The molecule has 1 unspecified atom stereocenters. The van der Waals surface area contributed by atoms with Gasteiger partial charge in [0.25, 0.3) is 0 Å². The van der Waals surface area contributed by atoms with E-state index in [0.29, 0.717) is 32.4 Å². The summed E-state index contributed by atoms with van der Waals surface area (Å²) in [4.78, 5) is 25.0. The molecule has 0 saturated carbocycles. The Balaban J connectivity index is 1.90. The zero-order valence-electron chi connectivity index (χ0n) is 14.7. The van der Waals surface area contributed by atoms with Gasteiger partial charge in [-0.05, 0) is 24.5 Å². The number of amides is 1. The van der Waals surface area contributed by atoms with Crippen LogP contribution in [0.3, 0.4) is 0 Å². The monoisotopic (exact) mass is 351 g/mol. The predicted molar refractivity (Wildman–Crippen MR) is 91.1 cm³/mol. The van der Waals surface area contributed by atoms with Gasteiger partial charge in [-0.2, -0.15) is 0 Å². The van der Waals surface area contributed by atoms with Crippen LogP contribution in [-0.4, -0.2) is 61.9 Å². The second-order valence-corrected chi connectivity index (χ2v) is 5.95. The van der Waals surface area contributed by atoms with E-state index in [9.17, 15) is 9.59 Å². The highest BCUT2D eigenvalue weighted by atomic mass is 16.5. The van der Waals surface area contributed by atoms with Gasteiger partial charge in [0, 0.05) is 19.0 Å². The molecular weight excluding hydrogens is 326 g/mol. The number of carbonyl (C=O) groups is 2. The van der Waals surface area contributed by atoms with Gasteiger partial charge in [-0.1, -0.05) is 6.07 Å². The zero-order chi connectivity index (χ0) is 18.2. The molecule has 7 nitrogen and oxygen atoms in total. The number of morpholine rings is 1. The summed E-state index contributed by atoms with van der Waals surface area (Å²) in [7, 11) is 3.21. The minimum Gasteiger partial charge on any atom is -0.497 e.